The number of carbonyl (C=O) groups is 1. The van der Waals surface area contributed by atoms with Gasteiger partial charge < -0.3 is 4.74 Å². The molecule has 108 valence electrons. The van der Waals surface area contributed by atoms with Crippen molar-refractivity contribution in [2.75, 3.05) is 13.4 Å². The Hall–Kier alpha value is 0.260. The molecule has 1 rings (SSSR count). The lowest BCUT2D eigenvalue weighted by atomic mass is 9.97. The summed E-state index contributed by atoms with van der Waals surface area (Å²) in [6, 6.07) is 5.85. The minimum atomic E-state index is -3.23. The van der Waals surface area contributed by atoms with Crippen LogP contribution in [0.4, 0.5) is 0 Å². The Morgan fingerprint density at radius 3 is 1.89 bits per heavy atom. The van der Waals surface area contributed by atoms with Gasteiger partial charge in [0.1, 0.15) is 5.60 Å². The van der Waals surface area contributed by atoms with E-state index in [1.807, 2.05) is 0 Å². The van der Waals surface area contributed by atoms with E-state index in [2.05, 4.69) is 37.2 Å². The molecule has 0 N–H and O–H groups in total. The van der Waals surface area contributed by atoms with Gasteiger partial charge in [0.15, 0.2) is 15.6 Å². The highest BCUT2D eigenvalue weighted by molar-refractivity contribution is 15.0. The number of ketones is 1. The average Bonchev–Trinajstić information content (AvgIpc) is 2.39. The van der Waals surface area contributed by atoms with E-state index < -0.39 is 15.4 Å². The zero-order chi connectivity index (χ0) is 15.3. The monoisotopic (exact) mass is 510 g/mol. The molecule has 0 saturated carbocycles. The number of benzene rings is 1. The predicted octanol–water partition coefficient (Wildman–Crippen LogP) is 3.47. The second-order valence-electron chi connectivity index (χ2n) is 4.34. The summed E-state index contributed by atoms with van der Waals surface area (Å²) < 4.78 is 27.6. The van der Waals surface area contributed by atoms with Crippen LogP contribution in [-0.4, -0.2) is 33.2 Å². The van der Waals surface area contributed by atoms with Gasteiger partial charge in [0.2, 0.25) is 0 Å². The van der Waals surface area contributed by atoms with E-state index >= 15 is 0 Å². The summed E-state index contributed by atoms with van der Waals surface area (Å²) in [5.74, 6) is -0.181. The largest absolute Gasteiger partial charge is 0.371 e. The fourth-order valence-corrected chi connectivity index (χ4v) is 1.92. The number of hydrogen-bond donors (Lipinski definition) is 0. The molecule has 4 nitrogen and oxygen atoms in total. The average molecular weight is 510 g/mol. The molecule has 0 saturated heterocycles. The standard InChI is InChI=1S/C12H16O4S.I2/c1-12(2,16-3)11(13)9-5-7-10(8-6-9)17(4,14)15;1-2/h5-8H,1-4H3;. The van der Waals surface area contributed by atoms with Gasteiger partial charge in [-0.3, -0.25) is 4.79 Å². The van der Waals surface area contributed by atoms with Gasteiger partial charge in [0, 0.05) is 56.2 Å². The van der Waals surface area contributed by atoms with Crippen LogP contribution in [0.25, 0.3) is 0 Å². The Kier molecular flexibility index (Phi) is 8.00. The highest BCUT2D eigenvalue weighted by atomic mass is 128. The van der Waals surface area contributed by atoms with E-state index in [9.17, 15) is 13.2 Å². The molecule has 0 aliphatic heterocycles. The summed E-state index contributed by atoms with van der Waals surface area (Å²) in [5, 5.41) is 0. The van der Waals surface area contributed by atoms with E-state index in [4.69, 9.17) is 4.74 Å². The Morgan fingerprint density at radius 2 is 1.58 bits per heavy atom. The minimum Gasteiger partial charge on any atom is -0.371 e. The van der Waals surface area contributed by atoms with E-state index in [0.717, 1.165) is 6.26 Å². The molecule has 0 spiro atoms. The maximum atomic E-state index is 12.0. The molecule has 1 aromatic rings. The van der Waals surface area contributed by atoms with Crippen molar-refractivity contribution < 1.29 is 17.9 Å². The maximum absolute atomic E-state index is 12.0. The molecule has 0 atom stereocenters. The molecular weight excluding hydrogens is 494 g/mol. The van der Waals surface area contributed by atoms with Crippen LogP contribution in [0.15, 0.2) is 29.2 Å². The zero-order valence-electron chi connectivity index (χ0n) is 11.1. The van der Waals surface area contributed by atoms with Crippen LogP contribution in [0.1, 0.15) is 24.2 Å². The van der Waals surface area contributed by atoms with Crippen LogP contribution in [0.2, 0.25) is 0 Å². The maximum Gasteiger partial charge on any atom is 0.194 e. The third-order valence-corrected chi connectivity index (χ3v) is 3.73. The van der Waals surface area contributed by atoms with Crippen molar-refractivity contribution in [3.8, 4) is 0 Å². The molecule has 0 unspecified atom stereocenters. The molecule has 0 aliphatic carbocycles. The summed E-state index contributed by atoms with van der Waals surface area (Å²) in [6.45, 7) is 3.33. The smallest absolute Gasteiger partial charge is 0.194 e. The molecule has 0 radical (unpaired) electrons. The lowest BCUT2D eigenvalue weighted by Crippen LogP contribution is -2.33. The van der Waals surface area contributed by atoms with Crippen molar-refractivity contribution in [2.24, 2.45) is 0 Å². The molecule has 0 heterocycles. The van der Waals surface area contributed by atoms with Crippen molar-refractivity contribution in [3.63, 3.8) is 0 Å². The van der Waals surface area contributed by atoms with E-state index in [-0.39, 0.29) is 10.7 Å². The first kappa shape index (κ1) is 19.3. The first-order chi connectivity index (χ1) is 8.68. The van der Waals surface area contributed by atoms with E-state index in [1.165, 1.54) is 31.4 Å². The first-order valence-corrected chi connectivity index (χ1v) is 13.4. The Morgan fingerprint density at radius 1 is 1.16 bits per heavy atom. The topological polar surface area (TPSA) is 60.4 Å². The lowest BCUT2D eigenvalue weighted by Gasteiger charge is -2.21. The lowest BCUT2D eigenvalue weighted by molar-refractivity contribution is 0.0228. The second-order valence-corrected chi connectivity index (χ2v) is 6.36. The summed E-state index contributed by atoms with van der Waals surface area (Å²) in [6.07, 6.45) is 1.13. The van der Waals surface area contributed by atoms with E-state index in [1.54, 1.807) is 13.8 Å². The van der Waals surface area contributed by atoms with Crippen LogP contribution < -0.4 is 0 Å². The Bertz CT molecular complexity index is 521. The van der Waals surface area contributed by atoms with Gasteiger partial charge in [-0.1, -0.05) is 12.1 Å². The normalized spacial score (nSPS) is 11.5. The highest BCUT2D eigenvalue weighted by Gasteiger charge is 2.28. The van der Waals surface area contributed by atoms with Crippen LogP contribution >= 0.6 is 37.2 Å². The number of hydrogen-bond acceptors (Lipinski definition) is 4. The third-order valence-electron chi connectivity index (χ3n) is 2.60. The number of methoxy groups -OCH3 is 1. The molecule has 0 aromatic heterocycles. The van der Waals surface area contributed by atoms with Crippen molar-refractivity contribution in [1.82, 2.24) is 0 Å². The molecule has 0 amide bonds. The number of sulfone groups is 1. The van der Waals surface area contributed by atoms with Crippen molar-refractivity contribution in [1.29, 1.82) is 0 Å². The third kappa shape index (κ3) is 5.64. The first-order valence-electron chi connectivity index (χ1n) is 5.23. The van der Waals surface area contributed by atoms with Crippen molar-refractivity contribution in [2.45, 2.75) is 24.3 Å². The SMILES string of the molecule is COC(C)(C)C(=O)c1ccc(S(C)(=O)=O)cc1.II. The van der Waals surface area contributed by atoms with Gasteiger partial charge in [-0.2, -0.15) is 0 Å². The Labute approximate surface area is 137 Å². The fraction of sp³-hybridized carbons (Fsp3) is 0.417. The summed E-state index contributed by atoms with van der Waals surface area (Å²) in [5.41, 5.74) is -0.476. The van der Waals surface area contributed by atoms with Crippen molar-refractivity contribution >= 4 is 52.9 Å². The number of Topliss-reactive ketones (excluding diaryl/α,β-unsaturated/α-hetero) is 1. The summed E-state index contributed by atoms with van der Waals surface area (Å²) >= 11 is 4.24. The van der Waals surface area contributed by atoms with Crippen LogP contribution in [0, 0.1) is 0 Å². The van der Waals surface area contributed by atoms with Gasteiger partial charge in [0.25, 0.3) is 0 Å². The quantitative estimate of drug-likeness (QED) is 0.460. The van der Waals surface area contributed by atoms with Gasteiger partial charge >= 0.3 is 0 Å². The van der Waals surface area contributed by atoms with Gasteiger partial charge in [-0.25, -0.2) is 8.42 Å². The van der Waals surface area contributed by atoms with Gasteiger partial charge in [-0.15, -0.1) is 0 Å². The molecule has 7 heteroatoms. The number of carbonyl (C=O) groups excluding carboxylic acids is 1. The zero-order valence-corrected chi connectivity index (χ0v) is 16.2. The molecule has 0 aliphatic rings. The van der Waals surface area contributed by atoms with Crippen LogP contribution in [0.3, 0.4) is 0 Å². The molecular formula is C12H16I2O4S. The summed E-state index contributed by atoms with van der Waals surface area (Å²) in [4.78, 5) is 12.2. The highest BCUT2D eigenvalue weighted by Crippen LogP contribution is 2.18. The fourth-order valence-electron chi connectivity index (χ4n) is 1.29. The van der Waals surface area contributed by atoms with Crippen molar-refractivity contribution in [3.05, 3.63) is 29.8 Å². The van der Waals surface area contributed by atoms with E-state index in [0.29, 0.717) is 5.56 Å². The number of halogens is 2. The summed E-state index contributed by atoms with van der Waals surface area (Å²) in [7, 11) is -1.77. The van der Waals surface area contributed by atoms with Gasteiger partial charge in [0.05, 0.1) is 4.90 Å². The molecule has 0 fully saturated rings. The number of rotatable bonds is 4. The van der Waals surface area contributed by atoms with Gasteiger partial charge in [-0.05, 0) is 26.0 Å². The second kappa shape index (κ2) is 7.89. The van der Waals surface area contributed by atoms with Crippen LogP contribution in [-0.2, 0) is 14.6 Å². The molecule has 0 bridgehead atoms. The molecule has 1 aromatic carbocycles. The molecule has 19 heavy (non-hydrogen) atoms. The number of ether oxygens (including phenoxy) is 1. The van der Waals surface area contributed by atoms with Crippen LogP contribution in [0.5, 0.6) is 0 Å². The Balaban J connectivity index is 0.00000154. The minimum absolute atomic E-state index is 0.181. The predicted molar refractivity (Wildman–Crippen MR) is 93.0 cm³/mol.